The van der Waals surface area contributed by atoms with Crippen molar-refractivity contribution >= 4 is 33.0 Å². The summed E-state index contributed by atoms with van der Waals surface area (Å²) >= 11 is 0. The van der Waals surface area contributed by atoms with Gasteiger partial charge < -0.3 is 10.2 Å². The van der Waals surface area contributed by atoms with Gasteiger partial charge in [0.25, 0.3) is 0 Å². The summed E-state index contributed by atoms with van der Waals surface area (Å²) in [5.41, 5.74) is 4.58. The van der Waals surface area contributed by atoms with Gasteiger partial charge in [0.2, 0.25) is 15.9 Å². The van der Waals surface area contributed by atoms with Crippen LogP contribution in [0.15, 0.2) is 48.5 Å². The van der Waals surface area contributed by atoms with Crippen LogP contribution in [0.25, 0.3) is 0 Å². The summed E-state index contributed by atoms with van der Waals surface area (Å²) in [4.78, 5) is 15.1. The first-order chi connectivity index (χ1) is 15.6. The third kappa shape index (κ3) is 5.41. The van der Waals surface area contributed by atoms with Crippen molar-refractivity contribution in [1.82, 2.24) is 4.72 Å². The predicted octanol–water partition coefficient (Wildman–Crippen LogP) is 4.84. The number of carbonyl (C=O) groups excluding carboxylic acids is 1. The maximum atomic E-state index is 12.8. The molecule has 7 heteroatoms. The molecule has 1 amide bonds. The Hall–Kier alpha value is -2.38. The molecule has 1 fully saturated rings. The summed E-state index contributed by atoms with van der Waals surface area (Å²) < 4.78 is 26.5. The van der Waals surface area contributed by atoms with Gasteiger partial charge in [0, 0.05) is 36.1 Å². The number of hydrogen-bond donors (Lipinski definition) is 2. The third-order valence-electron chi connectivity index (χ3n) is 6.92. The molecule has 0 atom stereocenters. The van der Waals surface area contributed by atoms with Crippen LogP contribution in [-0.4, -0.2) is 32.2 Å². The zero-order valence-corrected chi connectivity index (χ0v) is 20.6. The van der Waals surface area contributed by atoms with E-state index in [0.717, 1.165) is 50.0 Å². The summed E-state index contributed by atoms with van der Waals surface area (Å²) in [6.45, 7) is 6.53. The molecule has 0 unspecified atom stereocenters. The zero-order chi connectivity index (χ0) is 23.6. The average molecular weight is 470 g/mol. The van der Waals surface area contributed by atoms with Gasteiger partial charge in [0.1, 0.15) is 0 Å². The van der Waals surface area contributed by atoms with Crippen LogP contribution < -0.4 is 14.9 Å². The molecule has 1 saturated carbocycles. The lowest BCUT2D eigenvalue weighted by molar-refractivity contribution is -0.121. The van der Waals surface area contributed by atoms with Crippen molar-refractivity contribution in [2.75, 3.05) is 23.3 Å². The van der Waals surface area contributed by atoms with Crippen LogP contribution in [-0.2, 0) is 21.2 Å². The molecule has 1 aliphatic carbocycles. The van der Waals surface area contributed by atoms with Crippen molar-refractivity contribution < 1.29 is 13.2 Å². The molecule has 2 aromatic rings. The van der Waals surface area contributed by atoms with Crippen LogP contribution in [0.2, 0.25) is 0 Å². The second kappa shape index (κ2) is 9.47. The summed E-state index contributed by atoms with van der Waals surface area (Å²) in [7, 11) is -3.33. The second-order valence-corrected chi connectivity index (χ2v) is 12.8. The van der Waals surface area contributed by atoms with Gasteiger partial charge in [-0.3, -0.25) is 4.79 Å². The van der Waals surface area contributed by atoms with E-state index in [1.807, 2.05) is 12.1 Å². The minimum atomic E-state index is -3.33. The van der Waals surface area contributed by atoms with Gasteiger partial charge in [0.05, 0.1) is 4.75 Å². The normalized spacial score (nSPS) is 21.0. The highest BCUT2D eigenvalue weighted by Crippen LogP contribution is 2.35. The van der Waals surface area contributed by atoms with Crippen LogP contribution in [0.1, 0.15) is 52.0 Å². The fourth-order valence-corrected chi connectivity index (χ4v) is 5.54. The third-order valence-corrected chi connectivity index (χ3v) is 9.08. The predicted molar refractivity (Wildman–Crippen MR) is 134 cm³/mol. The molecular formula is C26H35N3O3S. The summed E-state index contributed by atoms with van der Waals surface area (Å²) in [6.07, 6.45) is 4.35. The molecule has 2 aliphatic rings. The molecule has 6 nitrogen and oxygen atoms in total. The fraction of sp³-hybridized carbons (Fsp3) is 0.500. The van der Waals surface area contributed by atoms with Crippen molar-refractivity contribution in [3.8, 4) is 0 Å². The first-order valence-corrected chi connectivity index (χ1v) is 13.4. The highest BCUT2D eigenvalue weighted by molar-refractivity contribution is 7.90. The lowest BCUT2D eigenvalue weighted by atomic mass is 9.81. The van der Waals surface area contributed by atoms with E-state index in [2.05, 4.69) is 51.3 Å². The number of hydrogen-bond acceptors (Lipinski definition) is 4. The van der Waals surface area contributed by atoms with E-state index in [1.54, 1.807) is 20.8 Å². The maximum Gasteiger partial charge on any atom is 0.227 e. The molecule has 0 saturated heterocycles. The second-order valence-electron chi connectivity index (χ2n) is 10.2. The number of nitrogens with zero attached hydrogens (tertiary/aromatic N) is 1. The molecule has 0 aromatic heterocycles. The fourth-order valence-electron chi connectivity index (χ4n) is 4.65. The Bertz CT molecular complexity index is 1080. The van der Waals surface area contributed by atoms with Crippen LogP contribution >= 0.6 is 0 Å². The van der Waals surface area contributed by atoms with Crippen molar-refractivity contribution in [2.24, 2.45) is 11.8 Å². The SMILES string of the molecule is CC(C)(C)S(=O)(=O)NCC1CCC(C(=O)Nc2ccc(N3CCc4ccccc43)cc2)CC1. The van der Waals surface area contributed by atoms with Gasteiger partial charge in [-0.15, -0.1) is 0 Å². The van der Waals surface area contributed by atoms with E-state index >= 15 is 0 Å². The highest BCUT2D eigenvalue weighted by atomic mass is 32.2. The van der Waals surface area contributed by atoms with Crippen LogP contribution in [0.5, 0.6) is 0 Å². The number of benzene rings is 2. The first-order valence-electron chi connectivity index (χ1n) is 11.9. The van der Waals surface area contributed by atoms with E-state index in [-0.39, 0.29) is 17.7 Å². The minimum absolute atomic E-state index is 0.0226. The Labute approximate surface area is 197 Å². The Morgan fingerprint density at radius 3 is 2.33 bits per heavy atom. The molecular weight excluding hydrogens is 434 g/mol. The molecule has 0 spiro atoms. The van der Waals surface area contributed by atoms with Crippen LogP contribution in [0, 0.1) is 11.8 Å². The van der Waals surface area contributed by atoms with Crippen molar-refractivity contribution in [1.29, 1.82) is 0 Å². The number of carbonyl (C=O) groups is 1. The number of anilines is 3. The number of sulfonamides is 1. The Balaban J connectivity index is 1.27. The molecule has 178 valence electrons. The monoisotopic (exact) mass is 469 g/mol. The Morgan fingerprint density at radius 1 is 1.00 bits per heavy atom. The number of fused-ring (bicyclic) bond motifs is 1. The Morgan fingerprint density at radius 2 is 1.67 bits per heavy atom. The molecule has 4 rings (SSSR count). The van der Waals surface area contributed by atoms with E-state index in [9.17, 15) is 13.2 Å². The molecule has 0 radical (unpaired) electrons. The number of para-hydroxylation sites is 1. The molecule has 33 heavy (non-hydrogen) atoms. The average Bonchev–Trinajstić information content (AvgIpc) is 3.22. The van der Waals surface area contributed by atoms with Gasteiger partial charge in [-0.25, -0.2) is 13.1 Å². The van der Waals surface area contributed by atoms with Gasteiger partial charge in [0.15, 0.2) is 0 Å². The first kappa shape index (κ1) is 23.8. The van der Waals surface area contributed by atoms with Gasteiger partial charge in [-0.05, 0) is 94.7 Å². The zero-order valence-electron chi connectivity index (χ0n) is 19.8. The number of nitrogens with one attached hydrogen (secondary N) is 2. The van der Waals surface area contributed by atoms with Gasteiger partial charge in [-0.1, -0.05) is 18.2 Å². The quantitative estimate of drug-likeness (QED) is 0.634. The van der Waals surface area contributed by atoms with Crippen molar-refractivity contribution in [3.63, 3.8) is 0 Å². The number of amides is 1. The molecule has 1 heterocycles. The smallest absolute Gasteiger partial charge is 0.227 e. The lowest BCUT2D eigenvalue weighted by Crippen LogP contribution is -2.42. The van der Waals surface area contributed by atoms with Crippen LogP contribution in [0.3, 0.4) is 0 Å². The maximum absolute atomic E-state index is 12.8. The van der Waals surface area contributed by atoms with Crippen molar-refractivity contribution in [3.05, 3.63) is 54.1 Å². The standard InChI is InChI=1S/C26H35N3O3S/c1-26(2,3)33(31,32)27-18-19-8-10-21(11-9-19)25(30)28-22-12-14-23(15-13-22)29-17-16-20-6-4-5-7-24(20)29/h4-7,12-15,19,21,27H,8-11,16-18H2,1-3H3,(H,28,30). The lowest BCUT2D eigenvalue weighted by Gasteiger charge is -2.29. The molecule has 0 bridgehead atoms. The van der Waals surface area contributed by atoms with E-state index < -0.39 is 14.8 Å². The molecule has 2 aromatic carbocycles. The summed E-state index contributed by atoms with van der Waals surface area (Å²) in [5, 5.41) is 3.07. The Kier molecular flexibility index (Phi) is 6.82. The van der Waals surface area contributed by atoms with Crippen LogP contribution in [0.4, 0.5) is 17.1 Å². The van der Waals surface area contributed by atoms with E-state index in [4.69, 9.17) is 0 Å². The van der Waals surface area contributed by atoms with Gasteiger partial charge >= 0.3 is 0 Å². The number of rotatable bonds is 6. The largest absolute Gasteiger partial charge is 0.341 e. The van der Waals surface area contributed by atoms with Crippen molar-refractivity contribution in [2.45, 2.75) is 57.6 Å². The van der Waals surface area contributed by atoms with E-state index in [0.29, 0.717) is 6.54 Å². The topological polar surface area (TPSA) is 78.5 Å². The summed E-state index contributed by atoms with van der Waals surface area (Å²) in [5.74, 6) is 0.322. The van der Waals surface area contributed by atoms with E-state index in [1.165, 1.54) is 11.3 Å². The van der Waals surface area contributed by atoms with Gasteiger partial charge in [-0.2, -0.15) is 0 Å². The summed E-state index contributed by atoms with van der Waals surface area (Å²) in [6, 6.07) is 16.6. The highest BCUT2D eigenvalue weighted by Gasteiger charge is 2.31. The molecule has 2 N–H and O–H groups in total. The minimum Gasteiger partial charge on any atom is -0.341 e. The molecule has 1 aliphatic heterocycles.